The van der Waals surface area contributed by atoms with Gasteiger partial charge in [-0.05, 0) is 52.3 Å². The summed E-state index contributed by atoms with van der Waals surface area (Å²) in [6.07, 6.45) is 0. The summed E-state index contributed by atoms with van der Waals surface area (Å²) in [5.41, 5.74) is 2.57. The molecule has 6 heteroatoms. The van der Waals surface area contributed by atoms with Crippen LogP contribution in [0.4, 0.5) is 5.69 Å². The fourth-order valence-electron chi connectivity index (χ4n) is 2.90. The van der Waals surface area contributed by atoms with Crippen LogP contribution in [-0.4, -0.2) is 17.2 Å². The molecule has 2 aromatic rings. The van der Waals surface area contributed by atoms with Crippen molar-refractivity contribution in [3.63, 3.8) is 0 Å². The first-order valence-corrected chi connectivity index (χ1v) is 13.5. The summed E-state index contributed by atoms with van der Waals surface area (Å²) in [6.45, 7) is 11.1. The number of phenolic OH excluding ortho intramolecular Hbond substituents is 1. The number of rotatable bonds is 5. The van der Waals surface area contributed by atoms with Crippen LogP contribution in [0.25, 0.3) is 0 Å². The first-order chi connectivity index (χ1) is 11.8. The number of hydrogen-bond acceptors (Lipinski definition) is 2. The van der Waals surface area contributed by atoms with E-state index < -0.39 is 17.0 Å². The number of halogens is 2. The molecule has 2 rings (SSSR count). The van der Waals surface area contributed by atoms with Crippen LogP contribution in [0.2, 0.25) is 0 Å². The van der Waals surface area contributed by atoms with Gasteiger partial charge in [0.1, 0.15) is 5.75 Å². The Labute approximate surface area is 170 Å². The Kier molecular flexibility index (Phi) is 10.5. The van der Waals surface area contributed by atoms with Crippen molar-refractivity contribution in [2.24, 2.45) is 0 Å². The third kappa shape index (κ3) is 6.77. The molecule has 1 atom stereocenters. The van der Waals surface area contributed by atoms with Crippen LogP contribution in [0.3, 0.4) is 0 Å². The third-order valence-corrected chi connectivity index (χ3v) is 5.40. The molecule has 0 aromatic heterocycles. The van der Waals surface area contributed by atoms with Gasteiger partial charge in [-0.15, -0.1) is 0 Å². The Hall–Kier alpha value is -0.236. The summed E-state index contributed by atoms with van der Waals surface area (Å²) >= 11 is -0.556. The molecule has 136 valence electrons. The second-order valence-corrected chi connectivity index (χ2v) is 10.1. The van der Waals surface area contributed by atoms with Crippen molar-refractivity contribution >= 4 is 43.5 Å². The van der Waals surface area contributed by atoms with Crippen molar-refractivity contribution in [3.05, 3.63) is 48.0 Å². The molecule has 1 unspecified atom stereocenters. The standard InChI is InChI=1S/C19H26NOP.2ClH.Ti/c1-13(2)20(14(3)4)16-10-8-9-15(5)19(16)22-18-12-7-6-11-17(18)21;;;/h6-14,21-22H,1-5H3;2*1H;/q;;;+2/p-2. The zero-order valence-corrected chi connectivity index (χ0v) is 19.4. The average molecular weight is 434 g/mol. The van der Waals surface area contributed by atoms with E-state index in [4.69, 9.17) is 18.6 Å². The van der Waals surface area contributed by atoms with Gasteiger partial charge in [-0.3, -0.25) is 0 Å². The first kappa shape index (κ1) is 22.8. The van der Waals surface area contributed by atoms with E-state index in [9.17, 15) is 5.11 Å². The van der Waals surface area contributed by atoms with E-state index in [0.29, 0.717) is 26.4 Å². The topological polar surface area (TPSA) is 23.5 Å². The van der Waals surface area contributed by atoms with Gasteiger partial charge in [0.25, 0.3) is 0 Å². The van der Waals surface area contributed by atoms with Crippen molar-refractivity contribution in [2.45, 2.75) is 46.7 Å². The maximum atomic E-state index is 10.1. The molecule has 0 aliphatic heterocycles. The molecule has 0 spiro atoms. The molecule has 0 aliphatic rings. The van der Waals surface area contributed by atoms with Crippen molar-refractivity contribution < 1.29 is 22.1 Å². The molecule has 2 aromatic carbocycles. The molecule has 0 heterocycles. The predicted molar refractivity (Wildman–Crippen MR) is 111 cm³/mol. The fraction of sp³-hybridized carbons (Fsp3) is 0.368. The zero-order chi connectivity index (χ0) is 19.0. The van der Waals surface area contributed by atoms with Crippen LogP contribution in [0.1, 0.15) is 33.3 Å². The van der Waals surface area contributed by atoms with E-state index in [1.165, 1.54) is 16.6 Å². The van der Waals surface area contributed by atoms with Gasteiger partial charge in [0, 0.05) is 28.4 Å². The number of aryl methyl sites for hydroxylation is 1. The molecule has 0 amide bonds. The second-order valence-electron chi connectivity index (χ2n) is 6.28. The Bertz CT molecular complexity index is 660. The molecular weight excluding hydrogens is 408 g/mol. The quantitative estimate of drug-likeness (QED) is 0.508. The van der Waals surface area contributed by atoms with Gasteiger partial charge in [-0.1, -0.05) is 38.9 Å². The number of benzene rings is 2. The minimum atomic E-state index is -0.556. The van der Waals surface area contributed by atoms with Crippen LogP contribution in [0.15, 0.2) is 42.5 Å². The Balaban J connectivity index is 0.000000970. The molecule has 0 fully saturated rings. The van der Waals surface area contributed by atoms with E-state index in [0.717, 1.165) is 5.30 Å². The first-order valence-electron chi connectivity index (χ1n) is 8.22. The summed E-state index contributed by atoms with van der Waals surface area (Å²) in [5, 5.41) is 12.4. The molecule has 0 saturated heterocycles. The Morgan fingerprint density at radius 3 is 2.04 bits per heavy atom. The Morgan fingerprint density at radius 1 is 0.960 bits per heavy atom. The number of hydrogen-bond donors (Lipinski definition) is 1. The van der Waals surface area contributed by atoms with Crippen LogP contribution in [0, 0.1) is 6.92 Å². The van der Waals surface area contributed by atoms with Gasteiger partial charge in [0.05, 0.1) is 0 Å². The molecular formula is C19H26Cl2NOPTi. The maximum absolute atomic E-state index is 10.1. The summed E-state index contributed by atoms with van der Waals surface area (Å²) in [6, 6.07) is 15.0. The van der Waals surface area contributed by atoms with Gasteiger partial charge in [-0.25, -0.2) is 0 Å². The molecule has 0 bridgehead atoms. The summed E-state index contributed by atoms with van der Waals surface area (Å²) < 4.78 is 0. The normalized spacial score (nSPS) is 10.9. The monoisotopic (exact) mass is 433 g/mol. The number of aromatic hydroxyl groups is 1. The van der Waals surface area contributed by atoms with Gasteiger partial charge >= 0.3 is 35.6 Å². The van der Waals surface area contributed by atoms with Crippen molar-refractivity contribution in [1.29, 1.82) is 0 Å². The SMILES string of the molecule is Cc1cccc(N(C(C)C)C(C)C)c1Pc1ccccc1O.[Cl][Ti][Cl]. The van der Waals surface area contributed by atoms with Crippen molar-refractivity contribution in [3.8, 4) is 5.75 Å². The third-order valence-electron chi connectivity index (χ3n) is 3.81. The molecule has 0 saturated carbocycles. The number of anilines is 1. The minimum absolute atomic E-state index is 0.385. The number of para-hydroxylation sites is 1. The average Bonchev–Trinajstić information content (AvgIpc) is 2.52. The molecule has 2 nitrogen and oxygen atoms in total. The fourth-order valence-corrected chi connectivity index (χ4v) is 4.18. The number of nitrogens with zero attached hydrogens (tertiary/aromatic N) is 1. The van der Waals surface area contributed by atoms with Crippen molar-refractivity contribution in [2.75, 3.05) is 4.90 Å². The molecule has 25 heavy (non-hydrogen) atoms. The van der Waals surface area contributed by atoms with Crippen LogP contribution in [0.5, 0.6) is 5.75 Å². The molecule has 0 radical (unpaired) electrons. The summed E-state index contributed by atoms with van der Waals surface area (Å²) in [4.78, 5) is 2.45. The van der Waals surface area contributed by atoms with E-state index in [1.54, 1.807) is 6.07 Å². The van der Waals surface area contributed by atoms with Crippen LogP contribution < -0.4 is 15.5 Å². The number of phenols is 1. The summed E-state index contributed by atoms with van der Waals surface area (Å²) in [5.74, 6) is 0.385. The van der Waals surface area contributed by atoms with Gasteiger partial charge in [-0.2, -0.15) is 0 Å². The predicted octanol–water partition coefficient (Wildman–Crippen LogP) is 5.33. The van der Waals surface area contributed by atoms with Gasteiger partial charge in [0.15, 0.2) is 0 Å². The van der Waals surface area contributed by atoms with E-state index in [-0.39, 0.29) is 0 Å². The second kappa shape index (κ2) is 11.5. The van der Waals surface area contributed by atoms with Crippen molar-refractivity contribution in [1.82, 2.24) is 0 Å². The van der Waals surface area contributed by atoms with Gasteiger partial charge < -0.3 is 10.0 Å². The van der Waals surface area contributed by atoms with E-state index in [1.807, 2.05) is 18.2 Å². The van der Waals surface area contributed by atoms with Gasteiger partial charge in [0.2, 0.25) is 0 Å². The summed E-state index contributed by atoms with van der Waals surface area (Å²) in [7, 11) is 10.2. The molecule has 1 N–H and O–H groups in total. The van der Waals surface area contributed by atoms with E-state index in [2.05, 4.69) is 57.7 Å². The van der Waals surface area contributed by atoms with Crippen LogP contribution >= 0.6 is 27.2 Å². The van der Waals surface area contributed by atoms with Crippen LogP contribution in [-0.2, 0) is 17.0 Å². The Morgan fingerprint density at radius 2 is 1.52 bits per heavy atom. The van der Waals surface area contributed by atoms with E-state index >= 15 is 0 Å². The zero-order valence-electron chi connectivity index (χ0n) is 15.3. The molecule has 0 aliphatic carbocycles.